The van der Waals surface area contributed by atoms with Crippen molar-refractivity contribution in [3.8, 4) is 11.3 Å². The third kappa shape index (κ3) is 4.65. The number of Topliss-reactive ketones (excluding diaryl/α,β-unsaturated/α-hetero) is 1. The van der Waals surface area contributed by atoms with Gasteiger partial charge in [-0.3, -0.25) is 9.59 Å². The zero-order chi connectivity index (χ0) is 20.3. The number of benzene rings is 2. The first-order chi connectivity index (χ1) is 13.2. The predicted molar refractivity (Wildman–Crippen MR) is 109 cm³/mol. The number of alkyl carbamates (subject to hydrolysis) is 1. The van der Waals surface area contributed by atoms with Crippen LogP contribution in [0, 0.1) is 0 Å². The lowest BCUT2D eigenvalue weighted by Crippen LogP contribution is -2.35. The van der Waals surface area contributed by atoms with E-state index < -0.39 is 11.7 Å². The molecule has 1 aromatic heterocycles. The molecule has 3 aromatic rings. The zero-order valence-electron chi connectivity index (χ0n) is 16.0. The Balaban J connectivity index is 1.81. The Hall–Kier alpha value is -3.41. The van der Waals surface area contributed by atoms with Gasteiger partial charge in [-0.05, 0) is 43.9 Å². The molecule has 0 saturated heterocycles. The molecule has 0 unspecified atom stereocenters. The molecule has 2 N–H and O–H groups in total. The molecule has 1 heterocycles. The summed E-state index contributed by atoms with van der Waals surface area (Å²) in [5.74, 6) is -0.306. The van der Waals surface area contributed by atoms with Gasteiger partial charge in [0.15, 0.2) is 5.78 Å². The van der Waals surface area contributed by atoms with Crippen molar-refractivity contribution >= 4 is 22.6 Å². The normalized spacial score (nSPS) is 11.2. The van der Waals surface area contributed by atoms with E-state index >= 15 is 0 Å². The van der Waals surface area contributed by atoms with Crippen molar-refractivity contribution in [1.82, 2.24) is 10.3 Å². The molecule has 6 heteroatoms. The minimum absolute atomic E-state index is 0.208. The van der Waals surface area contributed by atoms with E-state index in [1.807, 2.05) is 36.4 Å². The van der Waals surface area contributed by atoms with Gasteiger partial charge in [0, 0.05) is 16.6 Å². The summed E-state index contributed by atoms with van der Waals surface area (Å²) in [5.41, 5.74) is 1.06. The second-order valence-corrected chi connectivity index (χ2v) is 7.46. The van der Waals surface area contributed by atoms with Gasteiger partial charge in [-0.15, -0.1) is 0 Å². The Morgan fingerprint density at radius 3 is 2.43 bits per heavy atom. The number of H-pyrrole nitrogens is 1. The van der Waals surface area contributed by atoms with Gasteiger partial charge < -0.3 is 15.0 Å². The number of carbonyl (C=O) groups excluding carboxylic acids is 2. The minimum atomic E-state index is -0.660. The number of carbonyl (C=O) groups is 2. The molecule has 144 valence electrons. The lowest BCUT2D eigenvalue weighted by molar-refractivity contribution is 0.0520. The van der Waals surface area contributed by atoms with Crippen molar-refractivity contribution in [3.63, 3.8) is 0 Å². The Morgan fingerprint density at radius 1 is 1.04 bits per heavy atom. The third-order valence-electron chi connectivity index (χ3n) is 4.04. The topological polar surface area (TPSA) is 88.3 Å². The van der Waals surface area contributed by atoms with Crippen LogP contribution in [-0.2, 0) is 4.74 Å². The van der Waals surface area contributed by atoms with E-state index in [2.05, 4.69) is 10.3 Å². The van der Waals surface area contributed by atoms with E-state index in [0.717, 1.165) is 10.9 Å². The molecule has 0 saturated carbocycles. The van der Waals surface area contributed by atoms with Crippen LogP contribution < -0.4 is 10.9 Å². The molecule has 3 rings (SSSR count). The van der Waals surface area contributed by atoms with Crippen LogP contribution in [-0.4, -0.2) is 29.0 Å². The second kappa shape index (κ2) is 7.68. The molecule has 0 atom stereocenters. The molecule has 0 spiro atoms. The van der Waals surface area contributed by atoms with Crippen molar-refractivity contribution in [2.45, 2.75) is 26.4 Å². The van der Waals surface area contributed by atoms with E-state index in [9.17, 15) is 14.4 Å². The van der Waals surface area contributed by atoms with Gasteiger partial charge in [0.25, 0.3) is 5.56 Å². The highest BCUT2D eigenvalue weighted by Gasteiger charge is 2.17. The zero-order valence-corrected chi connectivity index (χ0v) is 16.0. The van der Waals surface area contributed by atoms with Crippen molar-refractivity contribution in [1.29, 1.82) is 0 Å². The molecular weight excluding hydrogens is 356 g/mol. The molecule has 0 aliphatic heterocycles. The molecule has 1 amide bonds. The molecule has 28 heavy (non-hydrogen) atoms. The Labute approximate surface area is 162 Å². The van der Waals surface area contributed by atoms with E-state index in [1.165, 1.54) is 0 Å². The number of aromatic amines is 1. The smallest absolute Gasteiger partial charge is 0.408 e. The third-order valence-corrected chi connectivity index (χ3v) is 4.04. The number of ether oxygens (including phenoxy) is 1. The van der Waals surface area contributed by atoms with Crippen LogP contribution in [0.25, 0.3) is 22.0 Å². The minimum Gasteiger partial charge on any atom is -0.444 e. The van der Waals surface area contributed by atoms with Crippen LogP contribution in [0.2, 0.25) is 0 Å². The summed E-state index contributed by atoms with van der Waals surface area (Å²) < 4.78 is 5.11. The maximum Gasteiger partial charge on any atom is 0.408 e. The highest BCUT2D eigenvalue weighted by molar-refractivity contribution is 6.02. The van der Waals surface area contributed by atoms with Crippen molar-refractivity contribution in [2.75, 3.05) is 6.54 Å². The molecule has 2 aromatic carbocycles. The Kier molecular flexibility index (Phi) is 5.31. The van der Waals surface area contributed by atoms with Gasteiger partial charge in [0.1, 0.15) is 5.60 Å². The lowest BCUT2D eigenvalue weighted by atomic mass is 10.0. The SMILES string of the molecule is CC(C)(C)OC(=O)NCC(=O)c1ccc2cc(-c3ccccc3)[nH]c(=O)c2c1. The number of fused-ring (bicyclic) bond motifs is 1. The number of nitrogens with one attached hydrogen (secondary N) is 2. The number of rotatable bonds is 4. The van der Waals surface area contributed by atoms with E-state index in [1.54, 1.807) is 39.0 Å². The number of pyridine rings is 1. The first kappa shape index (κ1) is 19.4. The van der Waals surface area contributed by atoms with Gasteiger partial charge in [-0.2, -0.15) is 0 Å². The van der Waals surface area contributed by atoms with E-state index in [0.29, 0.717) is 16.6 Å². The van der Waals surface area contributed by atoms with Crippen LogP contribution in [0.3, 0.4) is 0 Å². The summed E-state index contributed by atoms with van der Waals surface area (Å²) in [4.78, 5) is 39.4. The largest absolute Gasteiger partial charge is 0.444 e. The van der Waals surface area contributed by atoms with Crippen LogP contribution in [0.15, 0.2) is 59.4 Å². The van der Waals surface area contributed by atoms with E-state index in [-0.39, 0.29) is 17.9 Å². The molecule has 0 aliphatic rings. The average Bonchev–Trinajstić information content (AvgIpc) is 2.65. The highest BCUT2D eigenvalue weighted by atomic mass is 16.6. The maximum absolute atomic E-state index is 12.5. The van der Waals surface area contributed by atoms with Gasteiger partial charge in [0.05, 0.1) is 6.54 Å². The summed E-state index contributed by atoms with van der Waals surface area (Å²) in [7, 11) is 0. The van der Waals surface area contributed by atoms with Crippen LogP contribution in [0.1, 0.15) is 31.1 Å². The first-order valence-electron chi connectivity index (χ1n) is 8.95. The molecule has 0 bridgehead atoms. The summed E-state index contributed by atoms with van der Waals surface area (Å²) in [6, 6.07) is 16.3. The number of hydrogen-bond donors (Lipinski definition) is 2. The van der Waals surface area contributed by atoms with Crippen LogP contribution in [0.5, 0.6) is 0 Å². The maximum atomic E-state index is 12.5. The summed E-state index contributed by atoms with van der Waals surface area (Å²) in [6.07, 6.45) is -0.660. The van der Waals surface area contributed by atoms with E-state index in [4.69, 9.17) is 4.74 Å². The van der Waals surface area contributed by atoms with Crippen molar-refractivity contribution < 1.29 is 14.3 Å². The van der Waals surface area contributed by atoms with Crippen LogP contribution in [0.4, 0.5) is 4.79 Å². The standard InChI is InChI=1S/C22H22N2O4/c1-22(2,3)28-21(27)23-13-19(25)16-10-9-15-12-18(14-7-5-4-6-8-14)24-20(26)17(15)11-16/h4-12H,13H2,1-3H3,(H,23,27)(H,24,26). The van der Waals surface area contributed by atoms with Crippen LogP contribution >= 0.6 is 0 Å². The first-order valence-corrected chi connectivity index (χ1v) is 8.95. The molecule has 0 aliphatic carbocycles. The molecular formula is C22H22N2O4. The van der Waals surface area contributed by atoms with Gasteiger partial charge in [-0.1, -0.05) is 42.5 Å². The second-order valence-electron chi connectivity index (χ2n) is 7.46. The summed E-state index contributed by atoms with van der Waals surface area (Å²) >= 11 is 0. The quantitative estimate of drug-likeness (QED) is 0.674. The number of hydrogen-bond acceptors (Lipinski definition) is 4. The number of ketones is 1. The van der Waals surface area contributed by atoms with Gasteiger partial charge in [0.2, 0.25) is 0 Å². The van der Waals surface area contributed by atoms with Crippen molar-refractivity contribution in [2.24, 2.45) is 0 Å². The van der Waals surface area contributed by atoms with Crippen molar-refractivity contribution in [3.05, 3.63) is 70.5 Å². The summed E-state index contributed by atoms with van der Waals surface area (Å²) in [6.45, 7) is 5.02. The molecule has 0 radical (unpaired) electrons. The fraction of sp³-hybridized carbons (Fsp3) is 0.227. The van der Waals surface area contributed by atoms with Gasteiger partial charge >= 0.3 is 6.09 Å². The fourth-order valence-corrected chi connectivity index (χ4v) is 2.78. The van der Waals surface area contributed by atoms with Gasteiger partial charge in [-0.25, -0.2) is 4.79 Å². The average molecular weight is 378 g/mol. The summed E-state index contributed by atoms with van der Waals surface area (Å²) in [5, 5.41) is 3.59. The number of amides is 1. The molecule has 0 fully saturated rings. The number of aromatic nitrogens is 1. The lowest BCUT2D eigenvalue weighted by Gasteiger charge is -2.19. The fourth-order valence-electron chi connectivity index (χ4n) is 2.78. The molecule has 6 nitrogen and oxygen atoms in total. The monoisotopic (exact) mass is 378 g/mol. The highest BCUT2D eigenvalue weighted by Crippen LogP contribution is 2.20. The Bertz CT molecular complexity index is 1080. The predicted octanol–water partition coefficient (Wildman–Crippen LogP) is 3.90. The Morgan fingerprint density at radius 2 is 1.75 bits per heavy atom.